The number of hydrazone groups is 1. The molecule has 0 fully saturated rings. The van der Waals surface area contributed by atoms with Gasteiger partial charge in [0.15, 0.2) is 0 Å². The van der Waals surface area contributed by atoms with E-state index in [2.05, 4.69) is 51.7 Å². The van der Waals surface area contributed by atoms with Gasteiger partial charge in [-0.25, -0.2) is 4.98 Å². The van der Waals surface area contributed by atoms with Crippen LogP contribution in [-0.2, 0) is 6.42 Å². The first-order valence-corrected chi connectivity index (χ1v) is 8.66. The van der Waals surface area contributed by atoms with Crippen LogP contribution in [0.15, 0.2) is 84.0 Å². The van der Waals surface area contributed by atoms with Crippen molar-refractivity contribution < 1.29 is 0 Å². The molecule has 0 spiro atoms. The highest BCUT2D eigenvalue weighted by Crippen LogP contribution is 2.14. The minimum absolute atomic E-state index is 0.623. The van der Waals surface area contributed by atoms with Crippen molar-refractivity contribution in [3.8, 4) is 0 Å². The number of rotatable bonds is 5. The normalized spacial score (nSPS) is 11.7. The molecule has 0 unspecified atom stereocenters. The van der Waals surface area contributed by atoms with E-state index in [-0.39, 0.29) is 0 Å². The standard InChI is InChI=1S/C22H20N4/c1-16-11-13-18(14-12-16)25-26-21(17-7-3-2-4-8-17)15-22-23-19-9-5-6-10-20(19)24-22/h2-14,25H,15H2,1H3,(H,23,24)/b26-21-. The summed E-state index contributed by atoms with van der Waals surface area (Å²) < 4.78 is 0. The maximum Gasteiger partial charge on any atom is 0.113 e. The number of aromatic amines is 1. The highest BCUT2D eigenvalue weighted by molar-refractivity contribution is 6.02. The number of para-hydroxylation sites is 2. The quantitative estimate of drug-likeness (QED) is 0.400. The molecule has 1 heterocycles. The summed E-state index contributed by atoms with van der Waals surface area (Å²) in [7, 11) is 0. The van der Waals surface area contributed by atoms with E-state index < -0.39 is 0 Å². The first-order chi connectivity index (χ1) is 12.8. The second-order valence-electron chi connectivity index (χ2n) is 6.28. The smallest absolute Gasteiger partial charge is 0.113 e. The molecule has 0 radical (unpaired) electrons. The number of aryl methyl sites for hydroxylation is 1. The zero-order chi connectivity index (χ0) is 17.8. The van der Waals surface area contributed by atoms with Crippen LogP contribution in [-0.4, -0.2) is 15.7 Å². The summed E-state index contributed by atoms with van der Waals surface area (Å²) in [5.74, 6) is 0.902. The van der Waals surface area contributed by atoms with Gasteiger partial charge in [-0.15, -0.1) is 0 Å². The Bertz CT molecular complexity index is 998. The van der Waals surface area contributed by atoms with Crippen LogP contribution in [0.4, 0.5) is 5.69 Å². The molecular weight excluding hydrogens is 320 g/mol. The number of benzene rings is 3. The van der Waals surface area contributed by atoms with Gasteiger partial charge in [0, 0.05) is 0 Å². The topological polar surface area (TPSA) is 53.1 Å². The lowest BCUT2D eigenvalue weighted by molar-refractivity contribution is 1.09. The SMILES string of the molecule is Cc1ccc(N/N=C(/Cc2nc3ccccc3[nH]2)c2ccccc2)cc1. The molecule has 3 aromatic carbocycles. The number of hydrogen-bond acceptors (Lipinski definition) is 3. The zero-order valence-corrected chi connectivity index (χ0v) is 14.6. The third-order valence-electron chi connectivity index (χ3n) is 4.25. The summed E-state index contributed by atoms with van der Waals surface area (Å²) in [5.41, 5.74) is 9.39. The van der Waals surface area contributed by atoms with Gasteiger partial charge in [-0.3, -0.25) is 5.43 Å². The van der Waals surface area contributed by atoms with Crippen LogP contribution in [0.3, 0.4) is 0 Å². The molecule has 4 rings (SSSR count). The maximum atomic E-state index is 4.68. The van der Waals surface area contributed by atoms with Crippen LogP contribution in [0.25, 0.3) is 11.0 Å². The number of fused-ring (bicyclic) bond motifs is 1. The van der Waals surface area contributed by atoms with E-state index in [1.54, 1.807) is 0 Å². The molecule has 0 saturated heterocycles. The minimum atomic E-state index is 0.623. The van der Waals surface area contributed by atoms with Crippen LogP contribution < -0.4 is 5.43 Å². The van der Waals surface area contributed by atoms with Crippen LogP contribution in [0, 0.1) is 6.92 Å². The Morgan fingerprint density at radius 1 is 0.923 bits per heavy atom. The molecule has 4 nitrogen and oxygen atoms in total. The van der Waals surface area contributed by atoms with Crippen molar-refractivity contribution in [3.05, 3.63) is 95.8 Å². The second kappa shape index (κ2) is 7.23. The van der Waals surface area contributed by atoms with Crippen molar-refractivity contribution in [3.63, 3.8) is 0 Å². The zero-order valence-electron chi connectivity index (χ0n) is 14.6. The monoisotopic (exact) mass is 340 g/mol. The van der Waals surface area contributed by atoms with Crippen molar-refractivity contribution in [2.45, 2.75) is 13.3 Å². The fraction of sp³-hybridized carbons (Fsp3) is 0.0909. The van der Waals surface area contributed by atoms with E-state index in [1.807, 2.05) is 54.6 Å². The third kappa shape index (κ3) is 3.64. The van der Waals surface area contributed by atoms with Gasteiger partial charge in [-0.05, 0) is 36.8 Å². The van der Waals surface area contributed by atoms with E-state index in [0.717, 1.165) is 33.8 Å². The number of imidazole rings is 1. The summed E-state index contributed by atoms with van der Waals surface area (Å²) in [6.45, 7) is 2.07. The average Bonchev–Trinajstić information content (AvgIpc) is 3.09. The van der Waals surface area contributed by atoms with E-state index in [9.17, 15) is 0 Å². The average molecular weight is 340 g/mol. The maximum absolute atomic E-state index is 4.68. The summed E-state index contributed by atoms with van der Waals surface area (Å²) in [6, 6.07) is 26.4. The lowest BCUT2D eigenvalue weighted by Crippen LogP contribution is -2.09. The highest BCUT2D eigenvalue weighted by Gasteiger charge is 2.09. The lowest BCUT2D eigenvalue weighted by atomic mass is 10.1. The van der Waals surface area contributed by atoms with Crippen LogP contribution in [0.1, 0.15) is 17.0 Å². The molecule has 0 amide bonds. The molecule has 0 atom stereocenters. The van der Waals surface area contributed by atoms with Crippen molar-refractivity contribution in [2.24, 2.45) is 5.10 Å². The predicted molar refractivity (Wildman–Crippen MR) is 108 cm³/mol. The lowest BCUT2D eigenvalue weighted by Gasteiger charge is -2.07. The number of H-pyrrole nitrogens is 1. The number of hydrogen-bond donors (Lipinski definition) is 2. The Hall–Kier alpha value is -3.40. The number of nitrogens with zero attached hydrogens (tertiary/aromatic N) is 2. The molecule has 0 aliphatic carbocycles. The van der Waals surface area contributed by atoms with Crippen molar-refractivity contribution >= 4 is 22.4 Å². The van der Waals surface area contributed by atoms with Crippen molar-refractivity contribution in [2.75, 3.05) is 5.43 Å². The predicted octanol–water partition coefficient (Wildman–Crippen LogP) is 4.93. The molecule has 4 heteroatoms. The molecular formula is C22H20N4. The van der Waals surface area contributed by atoms with E-state index in [1.165, 1.54) is 5.56 Å². The van der Waals surface area contributed by atoms with Gasteiger partial charge in [-0.1, -0.05) is 60.2 Å². The Morgan fingerprint density at radius 3 is 2.42 bits per heavy atom. The molecule has 0 bridgehead atoms. The highest BCUT2D eigenvalue weighted by atomic mass is 15.3. The summed E-state index contributed by atoms with van der Waals surface area (Å²) in [5, 5.41) is 4.67. The molecule has 1 aromatic heterocycles. The molecule has 0 saturated carbocycles. The Labute approximate surface area is 152 Å². The summed E-state index contributed by atoms with van der Waals surface area (Å²) >= 11 is 0. The van der Waals surface area contributed by atoms with Crippen LogP contribution in [0.5, 0.6) is 0 Å². The van der Waals surface area contributed by atoms with Crippen LogP contribution >= 0.6 is 0 Å². The van der Waals surface area contributed by atoms with Crippen molar-refractivity contribution in [1.82, 2.24) is 9.97 Å². The fourth-order valence-electron chi connectivity index (χ4n) is 2.84. The van der Waals surface area contributed by atoms with Gasteiger partial charge in [0.1, 0.15) is 5.82 Å². The largest absolute Gasteiger partial charge is 0.342 e. The molecule has 0 aliphatic heterocycles. The van der Waals surface area contributed by atoms with Crippen molar-refractivity contribution in [1.29, 1.82) is 0 Å². The second-order valence-corrected chi connectivity index (χ2v) is 6.28. The number of aromatic nitrogens is 2. The molecule has 26 heavy (non-hydrogen) atoms. The van der Waals surface area contributed by atoms with Gasteiger partial charge < -0.3 is 4.98 Å². The summed E-state index contributed by atoms with van der Waals surface area (Å²) in [6.07, 6.45) is 0.623. The molecule has 0 aliphatic rings. The molecule has 4 aromatic rings. The van der Waals surface area contributed by atoms with Crippen LogP contribution in [0.2, 0.25) is 0 Å². The van der Waals surface area contributed by atoms with E-state index in [4.69, 9.17) is 0 Å². The minimum Gasteiger partial charge on any atom is -0.342 e. The van der Waals surface area contributed by atoms with Gasteiger partial charge in [0.05, 0.1) is 28.9 Å². The van der Waals surface area contributed by atoms with E-state index >= 15 is 0 Å². The number of anilines is 1. The van der Waals surface area contributed by atoms with Gasteiger partial charge in [0.2, 0.25) is 0 Å². The van der Waals surface area contributed by atoms with Gasteiger partial charge in [0.25, 0.3) is 0 Å². The fourth-order valence-corrected chi connectivity index (χ4v) is 2.84. The summed E-state index contributed by atoms with van der Waals surface area (Å²) in [4.78, 5) is 8.06. The molecule has 2 N–H and O–H groups in total. The third-order valence-corrected chi connectivity index (χ3v) is 4.25. The molecule has 128 valence electrons. The van der Waals surface area contributed by atoms with Gasteiger partial charge >= 0.3 is 0 Å². The Balaban J connectivity index is 1.64. The Morgan fingerprint density at radius 2 is 1.65 bits per heavy atom. The van der Waals surface area contributed by atoms with E-state index in [0.29, 0.717) is 6.42 Å². The Kier molecular flexibility index (Phi) is 4.48. The first kappa shape index (κ1) is 16.1. The first-order valence-electron chi connectivity index (χ1n) is 8.66. The number of nitrogens with one attached hydrogen (secondary N) is 2. The van der Waals surface area contributed by atoms with Gasteiger partial charge in [-0.2, -0.15) is 5.10 Å².